The number of pyridine rings is 1. The third kappa shape index (κ3) is 3.63. The van der Waals surface area contributed by atoms with E-state index in [9.17, 15) is 31.5 Å². The Morgan fingerprint density at radius 1 is 1.48 bits per heavy atom. The number of aromatic nitrogens is 1. The Morgan fingerprint density at radius 2 is 2.12 bits per heavy atom. The van der Waals surface area contributed by atoms with Gasteiger partial charge in [0.25, 0.3) is 0 Å². The molecule has 0 fully saturated rings. The summed E-state index contributed by atoms with van der Waals surface area (Å²) in [5, 5.41) is 13.7. The SMILES string of the molecule is CCC1C(OS(=O)(=O)C(F)(F)F)=NN(c2ncccc2Cl)C1C(=O)O. The molecule has 25 heavy (non-hydrogen) atoms. The smallest absolute Gasteiger partial charge is 0.480 e. The second kappa shape index (κ2) is 6.67. The second-order valence-corrected chi connectivity index (χ2v) is 6.82. The van der Waals surface area contributed by atoms with Crippen LogP contribution in [0.3, 0.4) is 0 Å². The fraction of sp³-hybridized carbons (Fsp3) is 0.417. The molecule has 0 radical (unpaired) electrons. The number of halogens is 4. The highest BCUT2D eigenvalue weighted by Gasteiger charge is 2.53. The summed E-state index contributed by atoms with van der Waals surface area (Å²) in [5.74, 6) is -3.76. The first-order chi connectivity index (χ1) is 11.5. The maximum Gasteiger partial charge on any atom is 0.534 e. The molecule has 2 atom stereocenters. The summed E-state index contributed by atoms with van der Waals surface area (Å²) in [5.41, 5.74) is -5.68. The van der Waals surface area contributed by atoms with Crippen LogP contribution in [0.5, 0.6) is 0 Å². The molecule has 1 aliphatic rings. The highest BCUT2D eigenvalue weighted by atomic mass is 35.5. The Bertz CT molecular complexity index is 814. The van der Waals surface area contributed by atoms with Gasteiger partial charge in [0, 0.05) is 6.20 Å². The van der Waals surface area contributed by atoms with Crippen molar-refractivity contribution in [3.63, 3.8) is 0 Å². The lowest BCUT2D eigenvalue weighted by Crippen LogP contribution is -2.41. The van der Waals surface area contributed by atoms with Crippen molar-refractivity contribution in [1.29, 1.82) is 0 Å². The Morgan fingerprint density at radius 3 is 2.60 bits per heavy atom. The summed E-state index contributed by atoms with van der Waals surface area (Å²) in [6, 6.07) is 1.28. The average molecular weight is 402 g/mol. The molecular weight excluding hydrogens is 391 g/mol. The van der Waals surface area contributed by atoms with Crippen molar-refractivity contribution in [1.82, 2.24) is 4.98 Å². The number of rotatable bonds is 4. The minimum atomic E-state index is -5.99. The van der Waals surface area contributed by atoms with Crippen LogP contribution in [-0.4, -0.2) is 41.9 Å². The zero-order valence-corrected chi connectivity index (χ0v) is 14.0. The van der Waals surface area contributed by atoms with Gasteiger partial charge in [-0.25, -0.2) is 14.8 Å². The molecule has 8 nitrogen and oxygen atoms in total. The molecule has 0 spiro atoms. The fourth-order valence-electron chi connectivity index (χ4n) is 2.19. The molecule has 138 valence electrons. The summed E-state index contributed by atoms with van der Waals surface area (Å²) in [6.07, 6.45) is 1.21. The number of aliphatic carboxylic acids is 1. The number of hydrazone groups is 1. The third-order valence-electron chi connectivity index (χ3n) is 3.30. The van der Waals surface area contributed by atoms with Gasteiger partial charge >= 0.3 is 21.6 Å². The predicted molar refractivity (Wildman–Crippen MR) is 80.4 cm³/mol. The summed E-state index contributed by atoms with van der Waals surface area (Å²) >= 11 is 5.91. The van der Waals surface area contributed by atoms with E-state index < -0.39 is 39.5 Å². The number of hydrogen-bond acceptors (Lipinski definition) is 7. The summed E-state index contributed by atoms with van der Waals surface area (Å²) in [7, 11) is -5.99. The maximum absolute atomic E-state index is 12.5. The summed E-state index contributed by atoms with van der Waals surface area (Å²) in [4.78, 5) is 15.4. The van der Waals surface area contributed by atoms with E-state index >= 15 is 0 Å². The van der Waals surface area contributed by atoms with Crippen molar-refractivity contribution >= 4 is 39.4 Å². The van der Waals surface area contributed by atoms with E-state index in [-0.39, 0.29) is 17.3 Å². The molecule has 0 aliphatic carbocycles. The third-order valence-corrected chi connectivity index (χ3v) is 4.55. The first kappa shape index (κ1) is 19.2. The maximum atomic E-state index is 12.5. The Labute approximate surface area is 145 Å². The number of carboxylic acids is 1. The van der Waals surface area contributed by atoms with E-state index in [0.29, 0.717) is 0 Å². The number of nitrogens with zero attached hydrogens (tertiary/aromatic N) is 3. The van der Waals surface area contributed by atoms with E-state index in [2.05, 4.69) is 14.3 Å². The molecule has 1 aliphatic heterocycles. The van der Waals surface area contributed by atoms with Gasteiger partial charge in [-0.15, -0.1) is 5.10 Å². The van der Waals surface area contributed by atoms with Crippen molar-refractivity contribution in [3.8, 4) is 0 Å². The van der Waals surface area contributed by atoms with Gasteiger partial charge in [-0.1, -0.05) is 18.5 Å². The summed E-state index contributed by atoms with van der Waals surface area (Å²) in [6.45, 7) is 1.45. The first-order valence-corrected chi connectivity index (χ1v) is 8.50. The van der Waals surface area contributed by atoms with Crippen molar-refractivity contribution in [2.24, 2.45) is 11.0 Å². The molecule has 0 amide bonds. The zero-order valence-electron chi connectivity index (χ0n) is 12.4. The van der Waals surface area contributed by atoms with Gasteiger partial charge in [-0.3, -0.25) is 0 Å². The predicted octanol–water partition coefficient (Wildman–Crippen LogP) is 2.21. The normalized spacial score (nSPS) is 21.2. The minimum absolute atomic E-state index is 0.0210. The molecule has 0 bridgehead atoms. The Balaban J connectivity index is 2.50. The lowest BCUT2D eigenvalue weighted by Gasteiger charge is -2.22. The Hall–Kier alpha value is -2.08. The van der Waals surface area contributed by atoms with Gasteiger partial charge in [0.15, 0.2) is 11.9 Å². The molecule has 1 aromatic rings. The van der Waals surface area contributed by atoms with Crippen molar-refractivity contribution in [3.05, 3.63) is 23.4 Å². The van der Waals surface area contributed by atoms with Gasteiger partial charge in [0.1, 0.15) is 0 Å². The molecule has 2 rings (SSSR count). The van der Waals surface area contributed by atoms with E-state index in [1.165, 1.54) is 25.3 Å². The van der Waals surface area contributed by atoms with Crippen LogP contribution in [0.4, 0.5) is 19.0 Å². The van der Waals surface area contributed by atoms with Crippen molar-refractivity contribution in [2.45, 2.75) is 24.9 Å². The topological polar surface area (TPSA) is 109 Å². The minimum Gasteiger partial charge on any atom is -0.480 e. The standard InChI is InChI=1S/C12H11ClF3N3O5S/c1-2-6-8(11(20)21)19(9-7(13)4-3-5-17-9)18-10(6)24-25(22,23)12(14,15)16/h3-6,8H,2H2,1H3,(H,20,21). The molecule has 1 aromatic heterocycles. The molecular formula is C12H11ClF3N3O5S. The van der Waals surface area contributed by atoms with Crippen LogP contribution in [0.25, 0.3) is 0 Å². The number of alkyl halides is 3. The number of hydrogen-bond donors (Lipinski definition) is 1. The average Bonchev–Trinajstić information content (AvgIpc) is 2.84. The van der Waals surface area contributed by atoms with Crippen LogP contribution in [0, 0.1) is 5.92 Å². The van der Waals surface area contributed by atoms with Gasteiger partial charge in [-0.2, -0.15) is 21.6 Å². The van der Waals surface area contributed by atoms with Crippen molar-refractivity contribution in [2.75, 3.05) is 5.01 Å². The largest absolute Gasteiger partial charge is 0.534 e. The van der Waals surface area contributed by atoms with E-state index in [4.69, 9.17) is 11.6 Å². The number of carbonyl (C=O) groups is 1. The first-order valence-electron chi connectivity index (χ1n) is 6.71. The molecule has 13 heteroatoms. The van der Waals surface area contributed by atoms with E-state index in [1.54, 1.807) is 0 Å². The zero-order chi connectivity index (χ0) is 19.0. The Kier molecular flexibility index (Phi) is 5.14. The highest BCUT2D eigenvalue weighted by Crippen LogP contribution is 2.35. The van der Waals surface area contributed by atoms with Crippen molar-refractivity contribution < 1.29 is 35.7 Å². The van der Waals surface area contributed by atoms with Crippen LogP contribution in [-0.2, 0) is 19.1 Å². The molecule has 0 aromatic carbocycles. The van der Waals surface area contributed by atoms with Gasteiger partial charge < -0.3 is 9.29 Å². The van der Waals surface area contributed by atoms with Crippen LogP contribution in [0.15, 0.2) is 23.4 Å². The second-order valence-electron chi connectivity index (χ2n) is 4.87. The molecule has 0 saturated heterocycles. The monoisotopic (exact) mass is 401 g/mol. The molecule has 2 heterocycles. The van der Waals surface area contributed by atoms with Crippen LogP contribution < -0.4 is 5.01 Å². The lowest BCUT2D eigenvalue weighted by atomic mass is 9.98. The van der Waals surface area contributed by atoms with Gasteiger partial charge in [-0.05, 0) is 18.6 Å². The number of anilines is 1. The molecule has 0 saturated carbocycles. The fourth-order valence-corrected chi connectivity index (χ4v) is 2.87. The van der Waals surface area contributed by atoms with Crippen LogP contribution in [0.1, 0.15) is 13.3 Å². The number of carboxylic acid groups (broad SMARTS) is 1. The van der Waals surface area contributed by atoms with Crippen LogP contribution >= 0.6 is 11.6 Å². The lowest BCUT2D eigenvalue weighted by molar-refractivity contribution is -0.139. The summed E-state index contributed by atoms with van der Waals surface area (Å²) < 4.78 is 64.1. The quantitative estimate of drug-likeness (QED) is 0.608. The van der Waals surface area contributed by atoms with Gasteiger partial charge in [0.05, 0.1) is 10.9 Å². The van der Waals surface area contributed by atoms with Gasteiger partial charge in [0.2, 0.25) is 5.90 Å². The molecule has 2 unspecified atom stereocenters. The highest BCUT2D eigenvalue weighted by molar-refractivity contribution is 7.88. The molecule has 1 N–H and O–H groups in total. The van der Waals surface area contributed by atoms with Crippen LogP contribution in [0.2, 0.25) is 5.02 Å². The van der Waals surface area contributed by atoms with E-state index in [0.717, 1.165) is 5.01 Å². The van der Waals surface area contributed by atoms with E-state index in [1.807, 2.05) is 0 Å².